The highest BCUT2D eigenvalue weighted by molar-refractivity contribution is 6.42. The largest absolute Gasteiger partial charge is 0.343 e. The lowest BCUT2D eigenvalue weighted by Gasteiger charge is -2.20. The fraction of sp³-hybridized carbons (Fsp3) is 0.467. The first-order chi connectivity index (χ1) is 10.4. The van der Waals surface area contributed by atoms with Crippen LogP contribution in [0, 0.1) is 0 Å². The number of rotatable bonds is 4. The number of carbonyl (C=O) groups excluding carboxylic acids is 2. The molecule has 1 aliphatic rings. The topological polar surface area (TPSA) is 52.6 Å². The number of hydrogen-bond donors (Lipinski definition) is 1. The molecule has 1 aromatic rings. The summed E-state index contributed by atoms with van der Waals surface area (Å²) in [5, 5.41) is 3.32. The van der Waals surface area contributed by atoms with E-state index in [2.05, 4.69) is 10.2 Å². The third kappa shape index (κ3) is 4.12. The molecule has 0 radical (unpaired) electrons. The van der Waals surface area contributed by atoms with Gasteiger partial charge in [0.15, 0.2) is 0 Å². The van der Waals surface area contributed by atoms with Crippen molar-refractivity contribution in [1.82, 2.24) is 15.1 Å². The zero-order chi connectivity index (χ0) is 16.3. The Labute approximate surface area is 140 Å². The molecule has 1 saturated heterocycles. The predicted octanol–water partition coefficient (Wildman–Crippen LogP) is 1.89. The number of hydrogen-bond acceptors (Lipinski definition) is 3. The van der Waals surface area contributed by atoms with Crippen LogP contribution in [0.2, 0.25) is 10.0 Å². The Kier molecular flexibility index (Phi) is 5.67. The molecule has 120 valence electrons. The minimum atomic E-state index is -0.338. The molecule has 1 N–H and O–H groups in total. The van der Waals surface area contributed by atoms with Crippen LogP contribution in [0.5, 0.6) is 0 Å². The Morgan fingerprint density at radius 2 is 2.05 bits per heavy atom. The molecule has 1 aliphatic heterocycles. The van der Waals surface area contributed by atoms with Crippen molar-refractivity contribution in [3.8, 4) is 0 Å². The second-order valence-electron chi connectivity index (χ2n) is 5.56. The molecule has 2 rings (SSSR count). The SMILES string of the molecule is CN(C)C1CCN(C(=O)CNC(=O)c2ccc(Cl)c(Cl)c2)C1. The van der Waals surface area contributed by atoms with Crippen LogP contribution in [-0.4, -0.2) is 61.4 Å². The summed E-state index contributed by atoms with van der Waals surface area (Å²) in [5.41, 5.74) is 0.384. The summed E-state index contributed by atoms with van der Waals surface area (Å²) in [7, 11) is 4.01. The maximum atomic E-state index is 12.1. The lowest BCUT2D eigenvalue weighted by atomic mass is 10.2. The van der Waals surface area contributed by atoms with Crippen LogP contribution in [0.3, 0.4) is 0 Å². The van der Waals surface area contributed by atoms with Gasteiger partial charge in [0.25, 0.3) is 5.91 Å². The van der Waals surface area contributed by atoms with Crippen molar-refractivity contribution in [1.29, 1.82) is 0 Å². The third-order valence-corrected chi connectivity index (χ3v) is 4.57. The third-order valence-electron chi connectivity index (χ3n) is 3.83. The molecular formula is C15H19Cl2N3O2. The van der Waals surface area contributed by atoms with Crippen LogP contribution in [-0.2, 0) is 4.79 Å². The van der Waals surface area contributed by atoms with Crippen molar-refractivity contribution >= 4 is 35.0 Å². The van der Waals surface area contributed by atoms with E-state index in [1.54, 1.807) is 17.0 Å². The lowest BCUT2D eigenvalue weighted by molar-refractivity contribution is -0.129. The molecule has 0 spiro atoms. The highest BCUT2D eigenvalue weighted by Crippen LogP contribution is 2.22. The van der Waals surface area contributed by atoms with Gasteiger partial charge in [-0.15, -0.1) is 0 Å². The Morgan fingerprint density at radius 1 is 1.32 bits per heavy atom. The molecule has 0 bridgehead atoms. The minimum absolute atomic E-state index is 0.0147. The average molecular weight is 344 g/mol. The van der Waals surface area contributed by atoms with Gasteiger partial charge in [0.05, 0.1) is 16.6 Å². The summed E-state index contributed by atoms with van der Waals surface area (Å²) in [6.45, 7) is 1.41. The van der Waals surface area contributed by atoms with Crippen LogP contribution < -0.4 is 5.32 Å². The molecule has 1 heterocycles. The first-order valence-electron chi connectivity index (χ1n) is 7.06. The molecule has 1 atom stereocenters. The standard InChI is InChI=1S/C15H19Cl2N3O2/c1-19(2)11-5-6-20(9-11)14(21)8-18-15(22)10-3-4-12(16)13(17)7-10/h3-4,7,11H,5-6,8-9H2,1-2H3,(H,18,22). The number of likely N-dealkylation sites (N-methyl/N-ethyl adjacent to an activating group) is 1. The van der Waals surface area contributed by atoms with Crippen LogP contribution >= 0.6 is 23.2 Å². The van der Waals surface area contributed by atoms with E-state index in [0.717, 1.165) is 13.0 Å². The van der Waals surface area contributed by atoms with Crippen LogP contribution in [0.15, 0.2) is 18.2 Å². The first kappa shape index (κ1) is 17.1. The van der Waals surface area contributed by atoms with Crippen LogP contribution in [0.25, 0.3) is 0 Å². The monoisotopic (exact) mass is 343 g/mol. The predicted molar refractivity (Wildman–Crippen MR) is 87.5 cm³/mol. The second-order valence-corrected chi connectivity index (χ2v) is 6.37. The van der Waals surface area contributed by atoms with Gasteiger partial charge in [0.2, 0.25) is 5.91 Å². The molecule has 0 aromatic heterocycles. The number of amides is 2. The number of halogens is 2. The van der Waals surface area contributed by atoms with E-state index in [9.17, 15) is 9.59 Å². The number of nitrogens with zero attached hydrogens (tertiary/aromatic N) is 2. The van der Waals surface area contributed by atoms with E-state index >= 15 is 0 Å². The van der Waals surface area contributed by atoms with E-state index in [1.165, 1.54) is 6.07 Å². The van der Waals surface area contributed by atoms with Gasteiger partial charge in [-0.2, -0.15) is 0 Å². The van der Waals surface area contributed by atoms with Crippen molar-refractivity contribution in [2.24, 2.45) is 0 Å². The summed E-state index contributed by atoms with van der Waals surface area (Å²) in [5.74, 6) is -0.409. The first-order valence-corrected chi connectivity index (χ1v) is 7.81. The zero-order valence-electron chi connectivity index (χ0n) is 12.6. The Hall–Kier alpha value is -1.30. The molecule has 1 unspecified atom stereocenters. The second kappa shape index (κ2) is 7.31. The molecule has 0 saturated carbocycles. The van der Waals surface area contributed by atoms with Gasteiger partial charge >= 0.3 is 0 Å². The Morgan fingerprint density at radius 3 is 2.64 bits per heavy atom. The van der Waals surface area contributed by atoms with Crippen LogP contribution in [0.1, 0.15) is 16.8 Å². The number of carbonyl (C=O) groups is 2. The van der Waals surface area contributed by atoms with Gasteiger partial charge in [0.1, 0.15) is 0 Å². The van der Waals surface area contributed by atoms with E-state index in [-0.39, 0.29) is 18.4 Å². The quantitative estimate of drug-likeness (QED) is 0.908. The van der Waals surface area contributed by atoms with Crippen molar-refractivity contribution in [3.05, 3.63) is 33.8 Å². The molecule has 5 nitrogen and oxygen atoms in total. The maximum absolute atomic E-state index is 12.1. The fourth-order valence-corrected chi connectivity index (χ4v) is 2.70. The average Bonchev–Trinajstić information content (AvgIpc) is 2.97. The Balaban J connectivity index is 1.86. The van der Waals surface area contributed by atoms with Gasteiger partial charge in [-0.25, -0.2) is 0 Å². The number of benzene rings is 1. The normalized spacial score (nSPS) is 17.9. The summed E-state index contributed by atoms with van der Waals surface area (Å²) < 4.78 is 0. The van der Waals surface area contributed by atoms with E-state index < -0.39 is 0 Å². The smallest absolute Gasteiger partial charge is 0.251 e. The van der Waals surface area contributed by atoms with Crippen molar-refractivity contribution in [3.63, 3.8) is 0 Å². The molecule has 22 heavy (non-hydrogen) atoms. The van der Waals surface area contributed by atoms with Crippen molar-refractivity contribution in [2.45, 2.75) is 12.5 Å². The highest BCUT2D eigenvalue weighted by atomic mass is 35.5. The lowest BCUT2D eigenvalue weighted by Crippen LogP contribution is -2.40. The summed E-state index contributed by atoms with van der Waals surface area (Å²) >= 11 is 11.7. The summed E-state index contributed by atoms with van der Waals surface area (Å²) in [6, 6.07) is 5.01. The van der Waals surface area contributed by atoms with Gasteiger partial charge in [0, 0.05) is 24.7 Å². The van der Waals surface area contributed by atoms with E-state index in [4.69, 9.17) is 23.2 Å². The Bertz CT molecular complexity index is 578. The molecule has 7 heteroatoms. The number of likely N-dealkylation sites (tertiary alicyclic amines) is 1. The van der Waals surface area contributed by atoms with Gasteiger partial charge in [-0.3, -0.25) is 9.59 Å². The van der Waals surface area contributed by atoms with E-state index in [1.807, 2.05) is 14.1 Å². The summed E-state index contributed by atoms with van der Waals surface area (Å²) in [6.07, 6.45) is 0.958. The highest BCUT2D eigenvalue weighted by Gasteiger charge is 2.27. The van der Waals surface area contributed by atoms with Gasteiger partial charge in [-0.05, 0) is 38.7 Å². The fourth-order valence-electron chi connectivity index (χ4n) is 2.40. The van der Waals surface area contributed by atoms with Crippen molar-refractivity contribution < 1.29 is 9.59 Å². The molecular weight excluding hydrogens is 325 g/mol. The molecule has 1 aromatic carbocycles. The molecule has 2 amide bonds. The molecule has 1 fully saturated rings. The zero-order valence-corrected chi connectivity index (χ0v) is 14.1. The van der Waals surface area contributed by atoms with Gasteiger partial charge < -0.3 is 15.1 Å². The van der Waals surface area contributed by atoms with E-state index in [0.29, 0.717) is 28.2 Å². The summed E-state index contributed by atoms with van der Waals surface area (Å²) in [4.78, 5) is 28.0. The minimum Gasteiger partial charge on any atom is -0.343 e. The maximum Gasteiger partial charge on any atom is 0.251 e. The van der Waals surface area contributed by atoms with Crippen LogP contribution in [0.4, 0.5) is 0 Å². The van der Waals surface area contributed by atoms with Gasteiger partial charge in [-0.1, -0.05) is 23.2 Å². The molecule has 0 aliphatic carbocycles. The van der Waals surface area contributed by atoms with Crippen molar-refractivity contribution in [2.75, 3.05) is 33.7 Å². The number of nitrogens with one attached hydrogen (secondary N) is 1.